The number of unbranched alkanes of at least 4 members (excludes halogenated alkanes) is 2. The number of aryl methyl sites for hydroxylation is 1. The number of carbonyl (C=O) groups is 6. The van der Waals surface area contributed by atoms with E-state index in [2.05, 4.69) is 58.2 Å². The van der Waals surface area contributed by atoms with E-state index in [0.717, 1.165) is 79.5 Å². The number of nitrogens with zero attached hydrogens (tertiary/aromatic N) is 7. The maximum atomic E-state index is 13.9. The number of rotatable bonds is 30. The molecule has 0 radical (unpaired) electrons. The fourth-order valence-electron chi connectivity index (χ4n) is 9.66. The van der Waals surface area contributed by atoms with E-state index in [1.807, 2.05) is 108 Å². The number of nitrogens with one attached hydrogen (secondary N) is 2. The van der Waals surface area contributed by atoms with Gasteiger partial charge in [-0.25, -0.2) is 14.5 Å². The molecular weight excluding hydrogens is 1030 g/mol. The van der Waals surface area contributed by atoms with Gasteiger partial charge in [0.25, 0.3) is 0 Å². The van der Waals surface area contributed by atoms with Gasteiger partial charge in [-0.15, -0.1) is 5.10 Å². The first-order chi connectivity index (χ1) is 38.9. The van der Waals surface area contributed by atoms with Crippen molar-refractivity contribution in [2.45, 2.75) is 116 Å². The second-order valence-electron chi connectivity index (χ2n) is 21.8. The van der Waals surface area contributed by atoms with Crippen molar-refractivity contribution in [2.24, 2.45) is 0 Å². The molecule has 2 heterocycles. The van der Waals surface area contributed by atoms with Gasteiger partial charge in [0, 0.05) is 62.1 Å². The normalized spacial score (nSPS) is 12.0. The number of benzene rings is 4. The van der Waals surface area contributed by atoms with Crippen molar-refractivity contribution in [3.05, 3.63) is 138 Å². The second kappa shape index (κ2) is 29.1. The first-order valence-electron chi connectivity index (χ1n) is 27.8. The summed E-state index contributed by atoms with van der Waals surface area (Å²) in [5.74, 6) is -2.07. The van der Waals surface area contributed by atoms with E-state index in [-0.39, 0.29) is 56.3 Å². The summed E-state index contributed by atoms with van der Waals surface area (Å²) in [6, 6.07) is 40.0. The average molecular weight is 1110 g/mol. The third kappa shape index (κ3) is 18.3. The van der Waals surface area contributed by atoms with Crippen LogP contribution >= 0.6 is 0 Å². The van der Waals surface area contributed by atoms with Gasteiger partial charge in [-0.05, 0) is 109 Å². The number of hydrogen-bond acceptors (Lipinski definition) is 13. The van der Waals surface area contributed by atoms with Gasteiger partial charge in [-0.3, -0.25) is 28.9 Å². The van der Waals surface area contributed by atoms with Crippen molar-refractivity contribution in [1.29, 1.82) is 0 Å². The predicted molar refractivity (Wildman–Crippen MR) is 306 cm³/mol. The molecule has 0 fully saturated rings. The standard InChI is InChI=1S/C62H75N9O10/c1-61(2,3)81-58(77)31-37-69(56(74)42-70(36-30-57(75)76)60(78)80-43-51-49-27-14-12-25-47(49)48-26-13-15-28-50(48)51)41-54(73)64-34-20-33-63-53(72)29-16-18-35-71-59(66-67-68-71)62(4,5)32-17-19-38-79-55-40-46(44-21-8-6-9-22-44)39-52(65-55)45-23-10-7-11-24-45/h6-15,21-28,39-40,51H,16-20,29-38,41-43H2,1-5H3,(H,63,72)(H,64,73)(H,75,76). The van der Waals surface area contributed by atoms with Gasteiger partial charge in [-0.1, -0.05) is 123 Å². The fraction of sp³-hybridized carbons (Fsp3) is 0.419. The Morgan fingerprint density at radius 3 is 1.95 bits per heavy atom. The highest BCUT2D eigenvalue weighted by Crippen LogP contribution is 2.44. The van der Waals surface area contributed by atoms with Crippen molar-refractivity contribution in [1.82, 2.24) is 45.6 Å². The third-order valence-corrected chi connectivity index (χ3v) is 13.8. The van der Waals surface area contributed by atoms with Crippen molar-refractivity contribution >= 4 is 35.8 Å². The first kappa shape index (κ1) is 60.2. The van der Waals surface area contributed by atoms with Gasteiger partial charge in [0.1, 0.15) is 18.8 Å². The highest BCUT2D eigenvalue weighted by atomic mass is 16.6. The molecule has 0 spiro atoms. The van der Waals surface area contributed by atoms with Crippen LogP contribution in [-0.2, 0) is 45.4 Å². The molecule has 0 unspecified atom stereocenters. The highest BCUT2D eigenvalue weighted by Gasteiger charge is 2.32. The number of aliphatic carboxylic acids is 1. The molecule has 0 saturated carbocycles. The summed E-state index contributed by atoms with van der Waals surface area (Å²) in [7, 11) is 0. The molecule has 428 valence electrons. The van der Waals surface area contributed by atoms with E-state index in [0.29, 0.717) is 44.8 Å². The lowest BCUT2D eigenvalue weighted by Gasteiger charge is -2.27. The number of hydrogen-bond donors (Lipinski definition) is 3. The molecule has 19 nitrogen and oxygen atoms in total. The van der Waals surface area contributed by atoms with Crippen LogP contribution in [0.5, 0.6) is 5.88 Å². The topological polar surface area (TPSA) is 237 Å². The van der Waals surface area contributed by atoms with E-state index in [9.17, 15) is 33.9 Å². The summed E-state index contributed by atoms with van der Waals surface area (Å²) in [5, 5.41) is 27.8. The van der Waals surface area contributed by atoms with Gasteiger partial charge in [0.2, 0.25) is 23.6 Å². The summed E-state index contributed by atoms with van der Waals surface area (Å²) in [5.41, 5.74) is 6.91. The van der Waals surface area contributed by atoms with Crippen LogP contribution in [0, 0.1) is 0 Å². The molecule has 0 aliphatic heterocycles. The molecule has 7 rings (SSSR count). The number of fused-ring (bicyclic) bond motifs is 3. The van der Waals surface area contributed by atoms with Crippen LogP contribution in [0.1, 0.15) is 115 Å². The quantitative estimate of drug-likeness (QED) is 0.0282. The zero-order valence-corrected chi connectivity index (χ0v) is 47.1. The van der Waals surface area contributed by atoms with E-state index in [1.54, 1.807) is 20.8 Å². The summed E-state index contributed by atoms with van der Waals surface area (Å²) >= 11 is 0. The molecule has 4 aromatic carbocycles. The number of ether oxygens (including phenoxy) is 3. The summed E-state index contributed by atoms with van der Waals surface area (Å²) in [6.45, 7) is 9.25. The lowest BCUT2D eigenvalue weighted by Crippen LogP contribution is -2.48. The zero-order chi connectivity index (χ0) is 57.8. The molecule has 0 saturated heterocycles. The van der Waals surface area contributed by atoms with Gasteiger partial charge in [0.05, 0.1) is 31.7 Å². The van der Waals surface area contributed by atoms with Crippen molar-refractivity contribution in [3.63, 3.8) is 0 Å². The molecule has 81 heavy (non-hydrogen) atoms. The number of amides is 4. The van der Waals surface area contributed by atoms with Crippen molar-refractivity contribution < 1.29 is 48.1 Å². The van der Waals surface area contributed by atoms with Crippen LogP contribution in [0.4, 0.5) is 4.79 Å². The molecule has 4 amide bonds. The van der Waals surface area contributed by atoms with Crippen LogP contribution in [0.3, 0.4) is 0 Å². The average Bonchev–Trinajstić information content (AvgIpc) is 4.10. The number of esters is 1. The monoisotopic (exact) mass is 1110 g/mol. The number of carbonyl (C=O) groups excluding carboxylic acids is 5. The van der Waals surface area contributed by atoms with Gasteiger partial charge in [-0.2, -0.15) is 0 Å². The smallest absolute Gasteiger partial charge is 0.410 e. The number of aromatic nitrogens is 5. The molecule has 2 aromatic heterocycles. The Labute approximate surface area is 473 Å². The molecule has 0 bridgehead atoms. The summed E-state index contributed by atoms with van der Waals surface area (Å²) in [6.07, 6.45) is 2.90. The van der Waals surface area contributed by atoms with Gasteiger partial charge >= 0.3 is 18.0 Å². The molecule has 0 atom stereocenters. The van der Waals surface area contributed by atoms with Crippen LogP contribution < -0.4 is 15.4 Å². The highest BCUT2D eigenvalue weighted by molar-refractivity contribution is 5.88. The number of carboxylic acid groups (broad SMARTS) is 1. The lowest BCUT2D eigenvalue weighted by molar-refractivity contribution is -0.156. The molecule has 19 heteroatoms. The predicted octanol–water partition coefficient (Wildman–Crippen LogP) is 9.01. The van der Waals surface area contributed by atoms with E-state index < -0.39 is 55.0 Å². The van der Waals surface area contributed by atoms with E-state index >= 15 is 0 Å². The molecule has 1 aliphatic rings. The van der Waals surface area contributed by atoms with E-state index in [4.69, 9.17) is 19.2 Å². The van der Waals surface area contributed by atoms with Gasteiger partial charge < -0.3 is 34.9 Å². The van der Waals surface area contributed by atoms with Gasteiger partial charge in [0.15, 0.2) is 5.82 Å². The van der Waals surface area contributed by atoms with Crippen LogP contribution in [0.15, 0.2) is 121 Å². The Hall–Kier alpha value is -8.48. The van der Waals surface area contributed by atoms with Crippen LogP contribution in [-0.4, -0.2) is 134 Å². The van der Waals surface area contributed by atoms with E-state index in [1.165, 1.54) is 0 Å². The van der Waals surface area contributed by atoms with Crippen molar-refractivity contribution in [3.8, 4) is 39.4 Å². The Morgan fingerprint density at radius 2 is 1.28 bits per heavy atom. The maximum Gasteiger partial charge on any atom is 0.410 e. The summed E-state index contributed by atoms with van der Waals surface area (Å²) < 4.78 is 19.3. The summed E-state index contributed by atoms with van der Waals surface area (Å²) in [4.78, 5) is 85.0. The Morgan fingerprint density at radius 1 is 0.654 bits per heavy atom. The molecular formula is C62H75N9O10. The lowest BCUT2D eigenvalue weighted by atomic mass is 9.86. The Bertz CT molecular complexity index is 2970. The van der Waals surface area contributed by atoms with Crippen LogP contribution in [0.2, 0.25) is 0 Å². The molecule has 3 N–H and O–H groups in total. The SMILES string of the molecule is CC(C)(C)OC(=O)CCN(CC(=O)NCCCNC(=O)CCCCn1nnnc1C(C)(C)CCCCOc1cc(-c2ccccc2)cc(-c2ccccc2)n1)C(=O)CN(CCC(=O)O)C(=O)OCC1c2ccccc2-c2ccccc21. The minimum absolute atomic E-state index is 0.0557. The first-order valence-corrected chi connectivity index (χ1v) is 27.8. The number of carboxylic acids is 1. The van der Waals surface area contributed by atoms with Crippen LogP contribution in [0.25, 0.3) is 33.5 Å². The zero-order valence-electron chi connectivity index (χ0n) is 47.1. The number of tetrazole rings is 1. The Kier molecular flexibility index (Phi) is 21.6. The molecule has 6 aromatic rings. The fourth-order valence-corrected chi connectivity index (χ4v) is 9.66. The Balaban J connectivity index is 0.818. The minimum Gasteiger partial charge on any atom is -0.481 e. The third-order valence-electron chi connectivity index (χ3n) is 13.8. The van der Waals surface area contributed by atoms with Crippen molar-refractivity contribution in [2.75, 3.05) is 52.5 Å². The second-order valence-corrected chi connectivity index (χ2v) is 21.8. The largest absolute Gasteiger partial charge is 0.481 e. The maximum absolute atomic E-state index is 13.9. The minimum atomic E-state index is -1.19. The number of pyridine rings is 1. The molecule has 1 aliphatic carbocycles.